The van der Waals surface area contributed by atoms with Crippen LogP contribution in [-0.2, 0) is 29.8 Å². The molecule has 4 rings (SSSR count). The van der Waals surface area contributed by atoms with Crippen LogP contribution in [0.5, 0.6) is 0 Å². The van der Waals surface area contributed by atoms with Crippen LogP contribution in [0.15, 0.2) is 77.4 Å². The Balaban J connectivity index is 0.000000207. The molecule has 0 N–H and O–H groups in total. The third kappa shape index (κ3) is 6.56. The van der Waals surface area contributed by atoms with Crippen molar-refractivity contribution in [3.05, 3.63) is 89.0 Å². The first-order chi connectivity index (χ1) is 14.3. The number of rotatable bonds is 2. The van der Waals surface area contributed by atoms with Crippen LogP contribution in [0.3, 0.4) is 0 Å². The van der Waals surface area contributed by atoms with E-state index in [2.05, 4.69) is 114 Å². The number of hydrogen-bond acceptors (Lipinski definition) is 0. The predicted molar refractivity (Wildman–Crippen MR) is 132 cm³/mol. The van der Waals surface area contributed by atoms with Gasteiger partial charge in [-0.05, 0) is 6.42 Å². The van der Waals surface area contributed by atoms with Crippen LogP contribution in [0.25, 0.3) is 21.9 Å². The van der Waals surface area contributed by atoms with E-state index in [4.69, 9.17) is 0 Å². The third-order valence-corrected chi connectivity index (χ3v) is 5.61. The van der Waals surface area contributed by atoms with Gasteiger partial charge in [0.15, 0.2) is 0 Å². The summed E-state index contributed by atoms with van der Waals surface area (Å²) < 4.78 is 0. The molecule has 1 aliphatic carbocycles. The molecule has 0 fully saturated rings. The number of aryl methyl sites for hydroxylation is 1. The van der Waals surface area contributed by atoms with E-state index in [0.717, 1.165) is 6.42 Å². The van der Waals surface area contributed by atoms with Gasteiger partial charge in [0.2, 0.25) is 0 Å². The summed E-state index contributed by atoms with van der Waals surface area (Å²) in [5.41, 5.74) is 8.61. The average Bonchev–Trinajstić information content (AvgIpc) is 3.25. The number of hydrogen-bond donors (Lipinski definition) is 0. The molecule has 1 aliphatic rings. The van der Waals surface area contributed by atoms with Gasteiger partial charge in [-0.3, -0.25) is 6.08 Å². The normalized spacial score (nSPS) is 15.2. The summed E-state index contributed by atoms with van der Waals surface area (Å²) in [6.07, 6.45) is 4.44. The predicted octanol–water partition coefficient (Wildman–Crippen LogP) is 8.29. The van der Waals surface area contributed by atoms with E-state index in [0.29, 0.717) is 5.92 Å². The Morgan fingerprint density at radius 2 is 1.57 bits per heavy atom. The van der Waals surface area contributed by atoms with E-state index in [1.54, 1.807) is 23.3 Å². The minimum absolute atomic E-state index is 0.210. The molecule has 1 atom stereocenters. The van der Waals surface area contributed by atoms with Crippen LogP contribution in [-0.4, -0.2) is 5.43 Å². The van der Waals surface area contributed by atoms with Crippen molar-refractivity contribution in [2.24, 2.45) is 5.92 Å². The molecule has 1 unspecified atom stereocenters. The Labute approximate surface area is 198 Å². The van der Waals surface area contributed by atoms with Crippen LogP contribution in [0.1, 0.15) is 40.2 Å². The Morgan fingerprint density at radius 1 is 0.967 bits per heavy atom. The SMILES string of the molecule is CC1=[C-]C(C)C(C)=C1C.CCc1ccccc1-c1c[cH-]c2ccccc12.C[Si](C)=[Zr+2]. The topological polar surface area (TPSA) is 0 Å². The van der Waals surface area contributed by atoms with Crippen LogP contribution in [0.2, 0.25) is 13.1 Å². The molecule has 0 aliphatic heterocycles. The van der Waals surface area contributed by atoms with Gasteiger partial charge in [-0.1, -0.05) is 75.1 Å². The zero-order chi connectivity index (χ0) is 22.3. The number of benzene rings is 2. The molecule has 0 saturated carbocycles. The van der Waals surface area contributed by atoms with Crippen molar-refractivity contribution in [2.45, 2.75) is 54.1 Å². The van der Waals surface area contributed by atoms with Crippen molar-refractivity contribution in [3.63, 3.8) is 0 Å². The molecule has 0 radical (unpaired) electrons. The molecular formula is C28H34SiZr. The fraction of sp³-hybridized carbons (Fsp3) is 0.321. The molecule has 0 saturated heterocycles. The third-order valence-electron chi connectivity index (χ3n) is 5.61. The van der Waals surface area contributed by atoms with E-state index < -0.39 is 0 Å². The molecule has 3 aromatic rings. The molecule has 0 aromatic heterocycles. The Hall–Kier alpha value is -1.37. The van der Waals surface area contributed by atoms with Crippen molar-refractivity contribution in [3.8, 4) is 11.1 Å². The van der Waals surface area contributed by atoms with Crippen molar-refractivity contribution >= 4 is 16.2 Å². The van der Waals surface area contributed by atoms with Gasteiger partial charge in [-0.25, -0.2) is 5.57 Å². The fourth-order valence-electron chi connectivity index (χ4n) is 3.64. The second-order valence-electron chi connectivity index (χ2n) is 8.14. The molecule has 0 spiro atoms. The summed E-state index contributed by atoms with van der Waals surface area (Å²) in [7, 11) is 0. The average molecular weight is 490 g/mol. The summed E-state index contributed by atoms with van der Waals surface area (Å²) in [6, 6.07) is 21.7. The van der Waals surface area contributed by atoms with Gasteiger partial charge >= 0.3 is 41.9 Å². The van der Waals surface area contributed by atoms with E-state index in [9.17, 15) is 0 Å². The van der Waals surface area contributed by atoms with Crippen LogP contribution in [0, 0.1) is 12.0 Å². The van der Waals surface area contributed by atoms with Gasteiger partial charge in [-0.15, -0.1) is 53.6 Å². The Bertz CT molecular complexity index is 1060. The maximum atomic E-state index is 3.36. The van der Waals surface area contributed by atoms with Gasteiger partial charge in [0, 0.05) is 0 Å². The molecular weight excluding hydrogens is 456 g/mol. The monoisotopic (exact) mass is 488 g/mol. The number of fused-ring (bicyclic) bond motifs is 1. The van der Waals surface area contributed by atoms with Crippen molar-refractivity contribution in [1.29, 1.82) is 0 Å². The standard InChI is InChI=1S/C17H15.C9H13.C2H6Si.Zr/c1-2-13-7-3-5-9-15(13)17-12-11-14-8-4-6-10-16(14)17;1-6-5-7(2)9(4)8(6)3;1-3-2;/h3-12H,2H2,1H3;6H,1-4H3;1-2H3;/q2*-1;;+2. The van der Waals surface area contributed by atoms with Crippen molar-refractivity contribution < 1.29 is 23.3 Å². The number of allylic oxidation sites excluding steroid dienone is 4. The van der Waals surface area contributed by atoms with Crippen molar-refractivity contribution in [2.75, 3.05) is 0 Å². The molecule has 0 bridgehead atoms. The summed E-state index contributed by atoms with van der Waals surface area (Å²) in [4.78, 5) is 0. The van der Waals surface area contributed by atoms with Crippen LogP contribution >= 0.6 is 0 Å². The van der Waals surface area contributed by atoms with E-state index in [1.807, 2.05) is 0 Å². The molecule has 2 heteroatoms. The first-order valence-corrected chi connectivity index (χ1v) is 17.0. The first-order valence-electron chi connectivity index (χ1n) is 10.8. The van der Waals surface area contributed by atoms with Gasteiger partial charge in [-0.2, -0.15) is 11.1 Å². The Morgan fingerprint density at radius 3 is 2.10 bits per heavy atom. The van der Waals surface area contributed by atoms with Crippen molar-refractivity contribution in [1.82, 2.24) is 0 Å². The maximum absolute atomic E-state index is 3.36. The second kappa shape index (κ2) is 11.9. The molecule has 0 heterocycles. The first kappa shape index (κ1) is 24.9. The second-order valence-corrected chi connectivity index (χ2v) is 17.5. The molecule has 30 heavy (non-hydrogen) atoms. The molecule has 0 nitrogen and oxygen atoms in total. The molecule has 3 aromatic carbocycles. The summed E-state index contributed by atoms with van der Waals surface area (Å²) in [5, 5.41) is 2.68. The summed E-state index contributed by atoms with van der Waals surface area (Å²) in [6.45, 7) is 15.5. The van der Waals surface area contributed by atoms with E-state index in [1.165, 1.54) is 44.2 Å². The van der Waals surface area contributed by atoms with E-state index >= 15 is 0 Å². The minimum atomic E-state index is 0.210. The molecule has 0 amide bonds. The van der Waals surface area contributed by atoms with Gasteiger partial charge in [0.25, 0.3) is 0 Å². The summed E-state index contributed by atoms with van der Waals surface area (Å²) >= 11 is 1.74. The van der Waals surface area contributed by atoms with Gasteiger partial charge in [0.05, 0.1) is 0 Å². The molecule has 154 valence electrons. The Kier molecular flexibility index (Phi) is 9.85. The quantitative estimate of drug-likeness (QED) is 0.251. The van der Waals surface area contributed by atoms with Crippen LogP contribution < -0.4 is 0 Å². The fourth-order valence-corrected chi connectivity index (χ4v) is 3.64. The zero-order valence-electron chi connectivity index (χ0n) is 19.6. The van der Waals surface area contributed by atoms with Crippen LogP contribution in [0.4, 0.5) is 0 Å². The van der Waals surface area contributed by atoms with Gasteiger partial charge < -0.3 is 0 Å². The zero-order valence-corrected chi connectivity index (χ0v) is 23.0. The summed E-state index contributed by atoms with van der Waals surface area (Å²) in [5.74, 6) is 0.560. The van der Waals surface area contributed by atoms with E-state index in [-0.39, 0.29) is 5.43 Å². The van der Waals surface area contributed by atoms with Gasteiger partial charge in [0.1, 0.15) is 0 Å².